The molecular weight excluding hydrogens is 315 g/mol. The summed E-state index contributed by atoms with van der Waals surface area (Å²) in [6.07, 6.45) is 0. The zero-order chi connectivity index (χ0) is 16.6. The molecule has 1 N–H and O–H groups in total. The number of pyridine rings is 1. The van der Waals surface area contributed by atoms with Gasteiger partial charge >= 0.3 is 0 Å². The number of nitrogens with one attached hydrogen (secondary N) is 1. The van der Waals surface area contributed by atoms with E-state index in [4.69, 9.17) is 11.6 Å². The Morgan fingerprint density at radius 1 is 1.13 bits per heavy atom. The maximum atomic E-state index is 13.4. The van der Waals surface area contributed by atoms with E-state index >= 15 is 0 Å². The van der Waals surface area contributed by atoms with Crippen molar-refractivity contribution >= 4 is 34.1 Å². The van der Waals surface area contributed by atoms with Crippen molar-refractivity contribution < 1.29 is 9.18 Å². The molecule has 0 atom stereocenters. The van der Waals surface area contributed by atoms with E-state index in [1.54, 1.807) is 31.2 Å². The van der Waals surface area contributed by atoms with E-state index in [2.05, 4.69) is 10.3 Å². The first-order valence-electron chi connectivity index (χ1n) is 7.08. The fourth-order valence-corrected chi connectivity index (χ4v) is 2.52. The topological polar surface area (TPSA) is 42.0 Å². The highest BCUT2D eigenvalue weighted by Gasteiger charge is 2.13. The number of carbonyl (C=O) groups is 1. The van der Waals surface area contributed by atoms with Crippen LogP contribution in [0.4, 0.5) is 10.1 Å². The van der Waals surface area contributed by atoms with Crippen LogP contribution in [0.3, 0.4) is 0 Å². The van der Waals surface area contributed by atoms with Gasteiger partial charge in [-0.05, 0) is 55.8 Å². The monoisotopic (exact) mass is 328 g/mol. The quantitative estimate of drug-likeness (QED) is 0.727. The number of aryl methyl sites for hydroxylation is 2. The Bertz CT molecular complexity index is 924. The Morgan fingerprint density at radius 3 is 2.65 bits per heavy atom. The third-order valence-electron chi connectivity index (χ3n) is 3.64. The van der Waals surface area contributed by atoms with Gasteiger partial charge in [-0.3, -0.25) is 9.78 Å². The van der Waals surface area contributed by atoms with Crippen molar-refractivity contribution in [1.29, 1.82) is 0 Å². The van der Waals surface area contributed by atoms with Gasteiger partial charge in [0, 0.05) is 16.1 Å². The summed E-state index contributed by atoms with van der Waals surface area (Å²) in [5, 5.41) is 3.96. The van der Waals surface area contributed by atoms with E-state index in [1.807, 2.05) is 13.0 Å². The predicted octanol–water partition coefficient (Wildman–Crippen LogP) is 4.90. The van der Waals surface area contributed by atoms with Gasteiger partial charge in [-0.25, -0.2) is 4.39 Å². The van der Waals surface area contributed by atoms with E-state index in [0.29, 0.717) is 32.9 Å². The number of rotatable bonds is 2. The predicted molar refractivity (Wildman–Crippen MR) is 90.6 cm³/mol. The molecule has 0 bridgehead atoms. The molecule has 0 aliphatic rings. The fourth-order valence-electron chi connectivity index (χ4n) is 2.34. The van der Waals surface area contributed by atoms with E-state index in [-0.39, 0.29) is 11.7 Å². The van der Waals surface area contributed by atoms with Crippen LogP contribution in [0, 0.1) is 19.7 Å². The number of fused-ring (bicyclic) bond motifs is 1. The van der Waals surface area contributed by atoms with Gasteiger partial charge in [-0.2, -0.15) is 0 Å². The van der Waals surface area contributed by atoms with Crippen molar-refractivity contribution in [1.82, 2.24) is 4.98 Å². The summed E-state index contributed by atoms with van der Waals surface area (Å²) < 4.78 is 13.4. The summed E-state index contributed by atoms with van der Waals surface area (Å²) in [6.45, 7) is 3.64. The Labute approximate surface area is 138 Å². The standard InChI is InChI=1S/C18H14ClFN2O/c1-10-3-5-14(9-16(10)19)22-18(23)15-8-12-7-13(20)4-6-17(12)21-11(15)2/h3-9H,1-2H3,(H,22,23). The molecule has 0 unspecified atom stereocenters. The molecule has 2 aromatic carbocycles. The number of aromatic nitrogens is 1. The van der Waals surface area contributed by atoms with Crippen molar-refractivity contribution in [2.75, 3.05) is 5.32 Å². The second-order valence-corrected chi connectivity index (χ2v) is 5.78. The molecule has 5 heteroatoms. The van der Waals surface area contributed by atoms with Crippen LogP contribution < -0.4 is 5.32 Å². The van der Waals surface area contributed by atoms with Gasteiger partial charge in [0.2, 0.25) is 0 Å². The van der Waals surface area contributed by atoms with Crippen LogP contribution in [0.1, 0.15) is 21.6 Å². The summed E-state index contributed by atoms with van der Waals surface area (Å²) in [4.78, 5) is 16.8. The van der Waals surface area contributed by atoms with E-state index in [9.17, 15) is 9.18 Å². The molecule has 0 spiro atoms. The second-order valence-electron chi connectivity index (χ2n) is 5.38. The van der Waals surface area contributed by atoms with Crippen molar-refractivity contribution in [2.24, 2.45) is 0 Å². The molecule has 23 heavy (non-hydrogen) atoms. The Hall–Kier alpha value is -2.46. The summed E-state index contributed by atoms with van der Waals surface area (Å²) >= 11 is 6.06. The number of carbonyl (C=O) groups excluding carboxylic acids is 1. The molecule has 0 aliphatic carbocycles. The van der Waals surface area contributed by atoms with Crippen LogP contribution in [0.15, 0.2) is 42.5 Å². The van der Waals surface area contributed by atoms with Gasteiger partial charge < -0.3 is 5.32 Å². The molecule has 1 aromatic heterocycles. The Kier molecular flexibility index (Phi) is 4.01. The largest absolute Gasteiger partial charge is 0.322 e. The maximum absolute atomic E-state index is 13.4. The Morgan fingerprint density at radius 2 is 1.91 bits per heavy atom. The first-order chi connectivity index (χ1) is 10.9. The van der Waals surface area contributed by atoms with Gasteiger partial charge in [0.1, 0.15) is 5.82 Å². The highest BCUT2D eigenvalue weighted by atomic mass is 35.5. The highest BCUT2D eigenvalue weighted by molar-refractivity contribution is 6.31. The van der Waals surface area contributed by atoms with Crippen molar-refractivity contribution in [2.45, 2.75) is 13.8 Å². The normalized spacial score (nSPS) is 10.8. The number of hydrogen-bond acceptors (Lipinski definition) is 2. The lowest BCUT2D eigenvalue weighted by molar-refractivity contribution is 0.102. The molecular formula is C18H14ClFN2O. The summed E-state index contributed by atoms with van der Waals surface area (Å²) in [5.41, 5.74) is 3.17. The summed E-state index contributed by atoms with van der Waals surface area (Å²) in [7, 11) is 0. The van der Waals surface area contributed by atoms with Crippen molar-refractivity contribution in [3.8, 4) is 0 Å². The molecule has 3 nitrogen and oxygen atoms in total. The lowest BCUT2D eigenvalue weighted by atomic mass is 10.1. The first kappa shape index (κ1) is 15.4. The van der Waals surface area contributed by atoms with Crippen LogP contribution in [-0.2, 0) is 0 Å². The zero-order valence-corrected chi connectivity index (χ0v) is 13.4. The van der Waals surface area contributed by atoms with Crippen LogP contribution in [0.5, 0.6) is 0 Å². The molecule has 3 aromatic rings. The van der Waals surface area contributed by atoms with Gasteiger partial charge in [-0.1, -0.05) is 17.7 Å². The maximum Gasteiger partial charge on any atom is 0.257 e. The number of amides is 1. The van der Waals surface area contributed by atoms with Crippen LogP contribution in [0.25, 0.3) is 10.9 Å². The van der Waals surface area contributed by atoms with Gasteiger partial charge in [0.15, 0.2) is 0 Å². The Balaban J connectivity index is 1.96. The lowest BCUT2D eigenvalue weighted by Crippen LogP contribution is -2.14. The number of halogens is 2. The molecule has 1 heterocycles. The molecule has 0 fully saturated rings. The molecule has 0 saturated heterocycles. The van der Waals surface area contributed by atoms with E-state index in [1.165, 1.54) is 12.1 Å². The van der Waals surface area contributed by atoms with Crippen molar-refractivity contribution in [3.63, 3.8) is 0 Å². The highest BCUT2D eigenvalue weighted by Crippen LogP contribution is 2.22. The number of nitrogens with zero attached hydrogens (tertiary/aromatic N) is 1. The third-order valence-corrected chi connectivity index (χ3v) is 4.05. The van der Waals surface area contributed by atoms with Crippen LogP contribution >= 0.6 is 11.6 Å². The minimum Gasteiger partial charge on any atom is -0.322 e. The lowest BCUT2D eigenvalue weighted by Gasteiger charge is -2.10. The van der Waals surface area contributed by atoms with E-state index in [0.717, 1.165) is 5.56 Å². The molecule has 0 aliphatic heterocycles. The zero-order valence-electron chi connectivity index (χ0n) is 12.7. The molecule has 116 valence electrons. The van der Waals surface area contributed by atoms with Crippen molar-refractivity contribution in [3.05, 3.63) is 70.1 Å². The van der Waals surface area contributed by atoms with E-state index < -0.39 is 0 Å². The third kappa shape index (κ3) is 3.17. The smallest absolute Gasteiger partial charge is 0.257 e. The second kappa shape index (κ2) is 5.97. The SMILES string of the molecule is Cc1ccc(NC(=O)c2cc3cc(F)ccc3nc2C)cc1Cl. The fraction of sp³-hybridized carbons (Fsp3) is 0.111. The minimum atomic E-state index is -0.361. The van der Waals surface area contributed by atoms with Crippen LogP contribution in [-0.4, -0.2) is 10.9 Å². The van der Waals surface area contributed by atoms with Gasteiger partial charge in [0.05, 0.1) is 16.8 Å². The molecule has 3 rings (SSSR count). The number of hydrogen-bond donors (Lipinski definition) is 1. The summed E-state index contributed by atoms with van der Waals surface area (Å²) in [6, 6.07) is 11.3. The molecule has 1 amide bonds. The summed E-state index contributed by atoms with van der Waals surface area (Å²) in [5.74, 6) is -0.666. The first-order valence-corrected chi connectivity index (χ1v) is 7.46. The van der Waals surface area contributed by atoms with Gasteiger partial charge in [-0.15, -0.1) is 0 Å². The average Bonchev–Trinajstić information content (AvgIpc) is 2.50. The average molecular weight is 329 g/mol. The number of anilines is 1. The molecule has 0 saturated carbocycles. The minimum absolute atomic E-state index is 0.305. The van der Waals surface area contributed by atoms with Crippen LogP contribution in [0.2, 0.25) is 5.02 Å². The van der Waals surface area contributed by atoms with Gasteiger partial charge in [0.25, 0.3) is 5.91 Å². The number of benzene rings is 2. The molecule has 0 radical (unpaired) electrons.